The quantitative estimate of drug-likeness (QED) is 0.675. The first kappa shape index (κ1) is 10.5. The van der Waals surface area contributed by atoms with E-state index >= 15 is 0 Å². The van der Waals surface area contributed by atoms with Crippen molar-refractivity contribution in [3.63, 3.8) is 0 Å². The smallest absolute Gasteiger partial charge is 0.196 e. The van der Waals surface area contributed by atoms with Crippen LogP contribution in [0.1, 0.15) is 5.56 Å². The van der Waals surface area contributed by atoms with E-state index in [0.717, 1.165) is 5.56 Å². The van der Waals surface area contributed by atoms with Crippen LogP contribution in [0.4, 0.5) is 0 Å². The van der Waals surface area contributed by atoms with Crippen molar-refractivity contribution in [2.24, 2.45) is 0 Å². The molecule has 72 valence electrons. The van der Waals surface area contributed by atoms with Crippen molar-refractivity contribution in [3.05, 3.63) is 46.0 Å². The van der Waals surface area contributed by atoms with E-state index in [1.807, 2.05) is 6.07 Å². The Balaban J connectivity index is 2.75. The summed E-state index contributed by atoms with van der Waals surface area (Å²) in [4.78, 5) is 10.4. The molecule has 1 atom stereocenters. The van der Waals surface area contributed by atoms with Gasteiger partial charge >= 0.3 is 0 Å². The zero-order valence-corrected chi connectivity index (χ0v) is 8.99. The van der Waals surface area contributed by atoms with Gasteiger partial charge in [-0.15, -0.1) is 0 Å². The molecule has 0 amide bonds. The third-order valence-corrected chi connectivity index (χ3v) is 3.98. The zero-order valence-electron chi connectivity index (χ0n) is 6.59. The molecule has 0 spiro atoms. The van der Waals surface area contributed by atoms with Crippen LogP contribution in [0.25, 0.3) is 0 Å². The zero-order chi connectivity index (χ0) is 9.90. The van der Waals surface area contributed by atoms with Gasteiger partial charge in [-0.1, -0.05) is 30.3 Å². The lowest BCUT2D eigenvalue weighted by Gasteiger charge is -2.15. The lowest BCUT2D eigenvalue weighted by Crippen LogP contribution is -2.05. The fourth-order valence-corrected chi connectivity index (χ4v) is 2.35. The number of nitrogens with zero attached hydrogens (tertiary/aromatic N) is 1. The second kappa shape index (κ2) is 4.08. The van der Waals surface area contributed by atoms with Gasteiger partial charge in [0.15, 0.2) is 8.93 Å². The van der Waals surface area contributed by atoms with Crippen LogP contribution in [0.5, 0.6) is 0 Å². The van der Waals surface area contributed by atoms with E-state index in [1.165, 1.54) is 0 Å². The molecule has 0 aliphatic rings. The summed E-state index contributed by atoms with van der Waals surface area (Å²) in [5.74, 6) is 0.0286. The van der Waals surface area contributed by atoms with Crippen LogP contribution in [-0.2, 0) is 5.75 Å². The van der Waals surface area contributed by atoms with Crippen LogP contribution < -0.4 is 0 Å². The van der Waals surface area contributed by atoms with Crippen molar-refractivity contribution < 1.29 is 8.88 Å². The molecular formula is C7H8BrNO3S. The Morgan fingerprint density at radius 2 is 2.00 bits per heavy atom. The van der Waals surface area contributed by atoms with Crippen LogP contribution >= 0.6 is 23.7 Å². The number of nitro groups is 1. The molecule has 1 aromatic rings. The van der Waals surface area contributed by atoms with Crippen molar-refractivity contribution in [2.45, 2.75) is 5.75 Å². The third kappa shape index (κ3) is 2.98. The molecule has 0 saturated carbocycles. The van der Waals surface area contributed by atoms with E-state index in [1.54, 1.807) is 24.3 Å². The highest BCUT2D eigenvalue weighted by atomic mass is 79.9. The molecule has 1 aromatic carbocycles. The van der Waals surface area contributed by atoms with Crippen LogP contribution in [0.15, 0.2) is 30.3 Å². The van der Waals surface area contributed by atoms with Gasteiger partial charge in [0, 0.05) is 0 Å². The second-order valence-electron chi connectivity index (χ2n) is 2.44. The first-order valence-electron chi connectivity index (χ1n) is 3.44. The molecule has 0 saturated heterocycles. The molecule has 0 bridgehead atoms. The maximum absolute atomic E-state index is 10.4. The minimum atomic E-state index is -2.92. The first-order valence-corrected chi connectivity index (χ1v) is 7.00. The second-order valence-corrected chi connectivity index (χ2v) is 7.31. The Morgan fingerprint density at radius 1 is 1.46 bits per heavy atom. The summed E-state index contributed by atoms with van der Waals surface area (Å²) in [5, 5.41) is 10.4. The summed E-state index contributed by atoms with van der Waals surface area (Å²) in [7, 11) is -2.92. The number of rotatable bonds is 3. The van der Waals surface area contributed by atoms with Crippen molar-refractivity contribution in [1.29, 1.82) is 0 Å². The van der Waals surface area contributed by atoms with Gasteiger partial charge in [-0.3, -0.25) is 4.55 Å². The fourth-order valence-electron chi connectivity index (χ4n) is 0.839. The Labute approximate surface area is 84.6 Å². The van der Waals surface area contributed by atoms with E-state index in [-0.39, 0.29) is 5.75 Å². The highest BCUT2D eigenvalue weighted by molar-refractivity contribution is 9.56. The highest BCUT2D eigenvalue weighted by Gasteiger charge is 2.30. The van der Waals surface area contributed by atoms with Crippen molar-refractivity contribution in [1.82, 2.24) is 0 Å². The molecule has 1 unspecified atom stereocenters. The molecule has 0 radical (unpaired) electrons. The third-order valence-electron chi connectivity index (χ3n) is 1.42. The van der Waals surface area contributed by atoms with Gasteiger partial charge < -0.3 is 0 Å². The first-order chi connectivity index (χ1) is 6.02. The van der Waals surface area contributed by atoms with E-state index < -0.39 is 13.3 Å². The fraction of sp³-hybridized carbons (Fsp3) is 0.143. The predicted molar refractivity (Wildman–Crippen MR) is 56.3 cm³/mol. The average Bonchev–Trinajstić information content (AvgIpc) is 2.05. The summed E-state index contributed by atoms with van der Waals surface area (Å²) in [6, 6.07) is 8.85. The van der Waals surface area contributed by atoms with Crippen molar-refractivity contribution in [2.75, 3.05) is 0 Å². The monoisotopic (exact) mass is 265 g/mol. The molecule has 1 N–H and O–H groups in total. The van der Waals surface area contributed by atoms with Gasteiger partial charge in [-0.05, 0) is 5.56 Å². The Hall–Kier alpha value is -0.590. The molecule has 0 heterocycles. The van der Waals surface area contributed by atoms with E-state index in [4.69, 9.17) is 0 Å². The number of halogens is 1. The Kier molecular flexibility index (Phi) is 3.29. The SMILES string of the molecule is O=[N+]([O-])S(O)(Br)Cc1ccccc1. The van der Waals surface area contributed by atoms with Gasteiger partial charge in [0.2, 0.25) is 0 Å². The topological polar surface area (TPSA) is 63.4 Å². The van der Waals surface area contributed by atoms with E-state index in [0.29, 0.717) is 0 Å². The van der Waals surface area contributed by atoms with Gasteiger partial charge in [0.25, 0.3) is 0 Å². The van der Waals surface area contributed by atoms with Gasteiger partial charge in [0.05, 0.1) is 20.6 Å². The molecule has 0 aromatic heterocycles. The molecule has 4 nitrogen and oxygen atoms in total. The lowest BCUT2D eigenvalue weighted by atomic mass is 10.2. The maximum atomic E-state index is 10.4. The average molecular weight is 266 g/mol. The Bertz CT molecular complexity index is 304. The highest BCUT2D eigenvalue weighted by Crippen LogP contribution is 2.54. The summed E-state index contributed by atoms with van der Waals surface area (Å²) in [6.45, 7) is 0. The molecule has 0 aliphatic carbocycles. The molecule has 0 fully saturated rings. The van der Waals surface area contributed by atoms with E-state index in [2.05, 4.69) is 14.8 Å². The molecule has 13 heavy (non-hydrogen) atoms. The molecular weight excluding hydrogens is 258 g/mol. The predicted octanol–water partition coefficient (Wildman–Crippen LogP) is 2.97. The van der Waals surface area contributed by atoms with Gasteiger partial charge in [-0.2, -0.15) is 0 Å². The normalized spacial score (nSPS) is 17.4. The summed E-state index contributed by atoms with van der Waals surface area (Å²) in [5.41, 5.74) is 0.744. The van der Waals surface area contributed by atoms with Crippen LogP contribution in [0, 0.1) is 10.1 Å². The van der Waals surface area contributed by atoms with Crippen molar-refractivity contribution in [3.8, 4) is 0 Å². The van der Waals surface area contributed by atoms with Crippen LogP contribution in [0.2, 0.25) is 0 Å². The molecule has 0 aliphatic heterocycles. The van der Waals surface area contributed by atoms with Gasteiger partial charge in [-0.25, -0.2) is 10.1 Å². The van der Waals surface area contributed by atoms with Gasteiger partial charge in [0.1, 0.15) is 4.33 Å². The Morgan fingerprint density at radius 3 is 2.46 bits per heavy atom. The van der Waals surface area contributed by atoms with Crippen LogP contribution in [-0.4, -0.2) is 8.88 Å². The minimum Gasteiger partial charge on any atom is -0.288 e. The number of benzene rings is 1. The minimum absolute atomic E-state index is 0.0286. The van der Waals surface area contributed by atoms with Crippen molar-refractivity contribution >= 4 is 23.7 Å². The standard InChI is InChI=1S/C7H8BrNO3S/c8-13(12,9(10)11)6-7-4-2-1-3-5-7/h1-5,12H,6H2. The summed E-state index contributed by atoms with van der Waals surface area (Å²) >= 11 is 2.72. The summed E-state index contributed by atoms with van der Waals surface area (Å²) < 4.78 is 8.67. The summed E-state index contributed by atoms with van der Waals surface area (Å²) in [6.07, 6.45) is 0. The lowest BCUT2D eigenvalue weighted by molar-refractivity contribution is -0.302. The largest absolute Gasteiger partial charge is 0.288 e. The molecule has 6 heteroatoms. The number of hydrogen-bond donors (Lipinski definition) is 1. The van der Waals surface area contributed by atoms with E-state index in [9.17, 15) is 14.7 Å². The molecule has 1 rings (SSSR count). The maximum Gasteiger partial charge on any atom is 0.196 e. The van der Waals surface area contributed by atoms with Crippen LogP contribution in [0.3, 0.4) is 0 Å². The number of hydrogen-bond acceptors (Lipinski definition) is 3.